The van der Waals surface area contributed by atoms with E-state index in [9.17, 15) is 14.4 Å². The number of ether oxygens (including phenoxy) is 1. The molecule has 12 heteroatoms. The Kier molecular flexibility index (Phi) is 14.7. The second kappa shape index (κ2) is 18.5. The molecule has 0 radical (unpaired) electrons. The number of nitrogens with zero attached hydrogens (tertiary/aromatic N) is 4. The number of hydrogen-bond donors (Lipinski definition) is 2. The molecular weight excluding hydrogens is 697 g/mol. The minimum atomic E-state index is -2.45. The number of rotatable bonds is 15. The molecule has 0 unspecified atom stereocenters. The number of alkyl carbamates (subject to hydrolysis) is 1. The molecule has 4 rings (SSSR count). The van der Waals surface area contributed by atoms with Crippen LogP contribution in [-0.4, -0.2) is 82.8 Å². The maximum atomic E-state index is 14.7. The van der Waals surface area contributed by atoms with Crippen molar-refractivity contribution in [1.29, 1.82) is 0 Å². The average molecular weight is 761 g/mol. The van der Waals surface area contributed by atoms with Crippen LogP contribution in [0.4, 0.5) is 4.79 Å². The number of aromatic nitrogens is 3. The maximum absolute atomic E-state index is 14.7. The van der Waals surface area contributed by atoms with Crippen molar-refractivity contribution in [3.05, 3.63) is 84.4 Å². The van der Waals surface area contributed by atoms with E-state index in [0.717, 1.165) is 24.0 Å². The number of benzene rings is 2. The summed E-state index contributed by atoms with van der Waals surface area (Å²) in [7, 11) is -2.45. The Hall–Kier alpha value is -4.03. The van der Waals surface area contributed by atoms with Gasteiger partial charge in [-0.25, -0.2) is 4.79 Å². The molecule has 11 nitrogen and oxygen atoms in total. The van der Waals surface area contributed by atoms with Crippen molar-refractivity contribution in [3.8, 4) is 0 Å². The summed E-state index contributed by atoms with van der Waals surface area (Å²) in [5, 5.41) is 14.1. The molecule has 1 fully saturated rings. The van der Waals surface area contributed by atoms with Crippen LogP contribution in [-0.2, 0) is 31.6 Å². The van der Waals surface area contributed by atoms with E-state index in [1.807, 2.05) is 105 Å². The molecule has 0 aliphatic carbocycles. The van der Waals surface area contributed by atoms with Crippen molar-refractivity contribution in [2.75, 3.05) is 13.1 Å². The van der Waals surface area contributed by atoms with Crippen LogP contribution in [0.5, 0.6) is 0 Å². The van der Waals surface area contributed by atoms with Gasteiger partial charge >= 0.3 is 6.09 Å². The zero-order valence-electron chi connectivity index (χ0n) is 34.2. The van der Waals surface area contributed by atoms with Crippen molar-refractivity contribution < 1.29 is 23.5 Å². The van der Waals surface area contributed by atoms with Crippen molar-refractivity contribution in [2.45, 2.75) is 135 Å². The van der Waals surface area contributed by atoms with E-state index in [1.165, 1.54) is 0 Å². The highest BCUT2D eigenvalue weighted by atomic mass is 28.4. The highest BCUT2D eigenvalue weighted by Crippen LogP contribution is 2.39. The van der Waals surface area contributed by atoms with Crippen LogP contribution in [0.25, 0.3) is 0 Å². The number of carbonyl (C=O) groups excluding carboxylic acids is 3. The first-order valence-corrected chi connectivity index (χ1v) is 22.4. The van der Waals surface area contributed by atoms with Gasteiger partial charge in [0.2, 0.25) is 11.8 Å². The second-order valence-corrected chi connectivity index (χ2v) is 22.4. The van der Waals surface area contributed by atoms with Crippen LogP contribution in [0.15, 0.2) is 73.3 Å². The predicted molar refractivity (Wildman–Crippen MR) is 215 cm³/mol. The third kappa shape index (κ3) is 12.5. The van der Waals surface area contributed by atoms with E-state index >= 15 is 0 Å². The topological polar surface area (TPSA) is 128 Å². The van der Waals surface area contributed by atoms with Gasteiger partial charge in [0, 0.05) is 25.0 Å². The Morgan fingerprint density at radius 1 is 0.833 bits per heavy atom. The smallest absolute Gasteiger partial charge is 0.407 e. The van der Waals surface area contributed by atoms with Gasteiger partial charge in [-0.15, -0.1) is 10.2 Å². The van der Waals surface area contributed by atoms with Gasteiger partial charge in [-0.2, -0.15) is 0 Å². The third-order valence-electron chi connectivity index (χ3n) is 10.8. The molecule has 2 aromatic carbocycles. The monoisotopic (exact) mass is 760 g/mol. The molecule has 3 amide bonds. The van der Waals surface area contributed by atoms with Gasteiger partial charge in [0.15, 0.2) is 8.32 Å². The van der Waals surface area contributed by atoms with Crippen LogP contribution in [0, 0.1) is 11.8 Å². The Morgan fingerprint density at radius 2 is 1.37 bits per heavy atom. The quantitative estimate of drug-likeness (QED) is 0.155. The second-order valence-electron chi connectivity index (χ2n) is 17.7. The first-order valence-electron chi connectivity index (χ1n) is 19.5. The fourth-order valence-electron chi connectivity index (χ4n) is 6.68. The summed E-state index contributed by atoms with van der Waals surface area (Å²) in [6, 6.07) is 19.0. The molecule has 1 aliphatic rings. The van der Waals surface area contributed by atoms with Gasteiger partial charge in [0.1, 0.15) is 24.3 Å². The standard InChI is InChI=1S/C42H64N6O5Si/c1-30(2)37(39(50)47-23-21-34(22-24-47)48-28-43-44-29-48)46-38(49)33(25-31-17-13-11-14-18-31)27-36(53-54(9,10)42(6,7)8)35(26-32-19-15-12-16-20-32)45-40(51)52-41(3,4)5/h11-20,28-30,33-37H,21-27H2,1-10H3,(H,45,51)(H,46,49)/t33-,35-,36+,37-/m0/s1. The number of nitrogens with one attached hydrogen (secondary N) is 2. The fraction of sp³-hybridized carbons (Fsp3) is 0.595. The number of carbonyl (C=O) groups is 3. The molecule has 1 aromatic heterocycles. The summed E-state index contributed by atoms with van der Waals surface area (Å²) >= 11 is 0. The molecule has 2 heterocycles. The Labute approximate surface area is 324 Å². The lowest BCUT2D eigenvalue weighted by Crippen LogP contribution is -2.56. The lowest BCUT2D eigenvalue weighted by molar-refractivity contribution is -0.140. The highest BCUT2D eigenvalue weighted by molar-refractivity contribution is 6.74. The number of amides is 3. The first-order chi connectivity index (χ1) is 25.3. The van der Waals surface area contributed by atoms with Crippen LogP contribution >= 0.6 is 0 Å². The van der Waals surface area contributed by atoms with E-state index < -0.39 is 44.1 Å². The maximum Gasteiger partial charge on any atom is 0.407 e. The van der Waals surface area contributed by atoms with Crippen molar-refractivity contribution in [3.63, 3.8) is 0 Å². The van der Waals surface area contributed by atoms with E-state index in [1.54, 1.807) is 12.7 Å². The van der Waals surface area contributed by atoms with Gasteiger partial charge in [-0.3, -0.25) is 9.59 Å². The number of hydrogen-bond acceptors (Lipinski definition) is 7. The molecule has 296 valence electrons. The lowest BCUT2D eigenvalue weighted by atomic mass is 9.88. The van der Waals surface area contributed by atoms with Gasteiger partial charge in [0.25, 0.3) is 0 Å². The zero-order chi connectivity index (χ0) is 39.7. The van der Waals surface area contributed by atoms with Crippen LogP contribution in [0.2, 0.25) is 18.1 Å². The van der Waals surface area contributed by atoms with Crippen LogP contribution < -0.4 is 10.6 Å². The van der Waals surface area contributed by atoms with Crippen molar-refractivity contribution in [1.82, 2.24) is 30.3 Å². The molecule has 0 bridgehead atoms. The SMILES string of the molecule is CC(C)[C@H](NC(=O)[C@@H](Cc1ccccc1)C[C@@H](O[Si](C)(C)C(C)(C)C)[C@H](Cc1ccccc1)NC(=O)OC(C)(C)C)C(=O)N1CCC(n2cnnc2)CC1. The predicted octanol–water partition coefficient (Wildman–Crippen LogP) is 7.36. The first kappa shape index (κ1) is 42.7. The van der Waals surface area contributed by atoms with E-state index in [-0.39, 0.29) is 28.8 Å². The molecule has 2 N–H and O–H groups in total. The Bertz CT molecular complexity index is 1610. The normalized spacial score (nSPS) is 16.7. The molecule has 0 spiro atoms. The number of likely N-dealkylation sites (tertiary alicyclic amines) is 1. The summed E-state index contributed by atoms with van der Waals surface area (Å²) < 4.78 is 15.0. The molecule has 0 saturated carbocycles. The van der Waals surface area contributed by atoms with Gasteiger partial charge in [-0.05, 0) is 88.1 Å². The van der Waals surface area contributed by atoms with Gasteiger partial charge < -0.3 is 29.3 Å². The summed E-state index contributed by atoms with van der Waals surface area (Å²) in [5.74, 6) is -0.964. The highest BCUT2D eigenvalue weighted by Gasteiger charge is 2.43. The molecule has 3 aromatic rings. The summed E-state index contributed by atoms with van der Waals surface area (Å²) in [4.78, 5) is 44.1. The summed E-state index contributed by atoms with van der Waals surface area (Å²) in [5.41, 5.74) is 1.34. The van der Waals surface area contributed by atoms with Gasteiger partial charge in [-0.1, -0.05) is 95.3 Å². The summed E-state index contributed by atoms with van der Waals surface area (Å²) in [6.07, 6.45) is 5.21. The minimum absolute atomic E-state index is 0.0679. The molecule has 1 aliphatic heterocycles. The van der Waals surface area contributed by atoms with E-state index in [4.69, 9.17) is 9.16 Å². The third-order valence-corrected chi connectivity index (χ3v) is 15.3. The molecule has 4 atom stereocenters. The van der Waals surface area contributed by atoms with Gasteiger partial charge in [0.05, 0.1) is 12.1 Å². The van der Waals surface area contributed by atoms with Crippen molar-refractivity contribution in [2.24, 2.45) is 11.8 Å². The molecule has 1 saturated heterocycles. The van der Waals surface area contributed by atoms with Crippen molar-refractivity contribution >= 4 is 26.2 Å². The minimum Gasteiger partial charge on any atom is -0.444 e. The van der Waals surface area contributed by atoms with Crippen LogP contribution in [0.1, 0.15) is 91.8 Å². The number of piperidine rings is 1. The summed E-state index contributed by atoms with van der Waals surface area (Å²) in [6.45, 7) is 21.6. The largest absolute Gasteiger partial charge is 0.444 e. The Balaban J connectivity index is 1.66. The Morgan fingerprint density at radius 3 is 1.87 bits per heavy atom. The van der Waals surface area contributed by atoms with E-state index in [2.05, 4.69) is 54.7 Å². The lowest BCUT2D eigenvalue weighted by Gasteiger charge is -2.42. The molecule has 54 heavy (non-hydrogen) atoms. The average Bonchev–Trinajstić information content (AvgIpc) is 3.64. The fourth-order valence-corrected chi connectivity index (χ4v) is 8.05. The zero-order valence-corrected chi connectivity index (χ0v) is 35.2. The molecular formula is C42H64N6O5Si. The van der Waals surface area contributed by atoms with E-state index in [0.29, 0.717) is 32.4 Å². The van der Waals surface area contributed by atoms with Crippen LogP contribution in [0.3, 0.4) is 0 Å².